The molecule has 0 spiro atoms. The van der Waals surface area contributed by atoms with Crippen LogP contribution in [0.15, 0.2) is 18.2 Å². The van der Waals surface area contributed by atoms with Gasteiger partial charge in [-0.1, -0.05) is 13.8 Å². The number of esters is 1. The summed E-state index contributed by atoms with van der Waals surface area (Å²) in [6, 6.07) is 5.17. The van der Waals surface area contributed by atoms with E-state index in [9.17, 15) is 4.79 Å². The lowest BCUT2D eigenvalue weighted by Gasteiger charge is -2.11. The fraction of sp³-hybridized carbons (Fsp3) is 0.500. The van der Waals surface area contributed by atoms with Crippen molar-refractivity contribution < 1.29 is 9.53 Å². The minimum Gasteiger partial charge on any atom is -0.465 e. The van der Waals surface area contributed by atoms with Gasteiger partial charge in [0.25, 0.3) is 0 Å². The summed E-state index contributed by atoms with van der Waals surface area (Å²) in [5, 5.41) is 3.28. The summed E-state index contributed by atoms with van der Waals surface area (Å²) >= 11 is 0. The molecular formula is C14H22N2O2. The van der Waals surface area contributed by atoms with Crippen LogP contribution < -0.4 is 11.1 Å². The molecule has 18 heavy (non-hydrogen) atoms. The highest BCUT2D eigenvalue weighted by Gasteiger charge is 2.07. The predicted molar refractivity (Wildman–Crippen MR) is 74.8 cm³/mol. The highest BCUT2D eigenvalue weighted by atomic mass is 16.5. The maximum absolute atomic E-state index is 11.3. The lowest BCUT2D eigenvalue weighted by molar-refractivity contribution is 0.0601. The van der Waals surface area contributed by atoms with Crippen molar-refractivity contribution in [2.75, 3.05) is 24.7 Å². The number of ether oxygens (including phenoxy) is 1. The molecule has 0 unspecified atom stereocenters. The fourth-order valence-electron chi connectivity index (χ4n) is 1.70. The SMILES string of the molecule is COC(=O)c1ccc(NCCCC(C)C)c(N)c1. The number of rotatable bonds is 6. The Kier molecular flexibility index (Phi) is 5.49. The van der Waals surface area contributed by atoms with Crippen LogP contribution in [-0.2, 0) is 4.74 Å². The smallest absolute Gasteiger partial charge is 0.337 e. The van der Waals surface area contributed by atoms with Gasteiger partial charge < -0.3 is 15.8 Å². The van der Waals surface area contributed by atoms with Gasteiger partial charge in [0, 0.05) is 6.54 Å². The first-order valence-electron chi connectivity index (χ1n) is 6.26. The summed E-state index contributed by atoms with van der Waals surface area (Å²) in [5.74, 6) is 0.346. The van der Waals surface area contributed by atoms with Crippen molar-refractivity contribution in [3.05, 3.63) is 23.8 Å². The molecule has 0 fully saturated rings. The van der Waals surface area contributed by atoms with Gasteiger partial charge >= 0.3 is 5.97 Å². The quantitative estimate of drug-likeness (QED) is 0.463. The van der Waals surface area contributed by atoms with E-state index in [0.29, 0.717) is 17.2 Å². The van der Waals surface area contributed by atoms with E-state index in [-0.39, 0.29) is 5.97 Å². The van der Waals surface area contributed by atoms with Crippen LogP contribution in [-0.4, -0.2) is 19.6 Å². The molecule has 3 N–H and O–H groups in total. The van der Waals surface area contributed by atoms with E-state index in [1.807, 2.05) is 6.07 Å². The number of hydrogen-bond donors (Lipinski definition) is 2. The van der Waals surface area contributed by atoms with Gasteiger partial charge in [0.2, 0.25) is 0 Å². The Balaban J connectivity index is 2.55. The summed E-state index contributed by atoms with van der Waals surface area (Å²) < 4.78 is 4.64. The van der Waals surface area contributed by atoms with Crippen LogP contribution >= 0.6 is 0 Å². The van der Waals surface area contributed by atoms with E-state index in [1.54, 1.807) is 12.1 Å². The molecule has 0 saturated heterocycles. The number of nitrogen functional groups attached to an aromatic ring is 1. The molecule has 1 rings (SSSR count). The van der Waals surface area contributed by atoms with Gasteiger partial charge in [-0.2, -0.15) is 0 Å². The number of nitrogens with one attached hydrogen (secondary N) is 1. The molecule has 0 saturated carbocycles. The number of carbonyl (C=O) groups is 1. The third-order valence-electron chi connectivity index (χ3n) is 2.75. The van der Waals surface area contributed by atoms with Gasteiger partial charge in [-0.15, -0.1) is 0 Å². The molecule has 0 aliphatic rings. The van der Waals surface area contributed by atoms with E-state index in [0.717, 1.165) is 18.7 Å². The highest BCUT2D eigenvalue weighted by molar-refractivity contribution is 5.91. The number of methoxy groups -OCH3 is 1. The maximum atomic E-state index is 11.3. The van der Waals surface area contributed by atoms with Crippen molar-refractivity contribution in [2.45, 2.75) is 26.7 Å². The first kappa shape index (κ1) is 14.4. The monoisotopic (exact) mass is 250 g/mol. The van der Waals surface area contributed by atoms with Gasteiger partial charge in [0.15, 0.2) is 0 Å². The summed E-state index contributed by atoms with van der Waals surface area (Å²) in [6.07, 6.45) is 2.29. The van der Waals surface area contributed by atoms with E-state index in [2.05, 4.69) is 23.9 Å². The largest absolute Gasteiger partial charge is 0.465 e. The van der Waals surface area contributed by atoms with Crippen molar-refractivity contribution in [1.29, 1.82) is 0 Å². The Bertz CT molecular complexity index is 403. The molecule has 1 aromatic carbocycles. The number of benzene rings is 1. The van der Waals surface area contributed by atoms with Crippen LogP contribution in [0.3, 0.4) is 0 Å². The van der Waals surface area contributed by atoms with Crippen LogP contribution in [0.4, 0.5) is 11.4 Å². The minimum absolute atomic E-state index is 0.368. The molecule has 0 radical (unpaired) electrons. The fourth-order valence-corrected chi connectivity index (χ4v) is 1.70. The summed E-state index contributed by atoms with van der Waals surface area (Å²) in [4.78, 5) is 11.3. The summed E-state index contributed by atoms with van der Waals surface area (Å²) in [5.41, 5.74) is 7.80. The number of anilines is 2. The second kappa shape index (κ2) is 6.89. The van der Waals surface area contributed by atoms with Crippen LogP contribution in [0.2, 0.25) is 0 Å². The van der Waals surface area contributed by atoms with Crippen LogP contribution in [0.25, 0.3) is 0 Å². The molecule has 4 nitrogen and oxygen atoms in total. The zero-order chi connectivity index (χ0) is 13.5. The second-order valence-corrected chi connectivity index (χ2v) is 4.76. The Morgan fingerprint density at radius 2 is 2.17 bits per heavy atom. The number of hydrogen-bond acceptors (Lipinski definition) is 4. The molecule has 100 valence electrons. The third-order valence-corrected chi connectivity index (χ3v) is 2.75. The average Bonchev–Trinajstić information content (AvgIpc) is 2.34. The number of nitrogens with two attached hydrogens (primary N) is 1. The van der Waals surface area contributed by atoms with Crippen molar-refractivity contribution in [1.82, 2.24) is 0 Å². The lowest BCUT2D eigenvalue weighted by atomic mass is 10.1. The summed E-state index contributed by atoms with van der Waals surface area (Å²) in [7, 11) is 1.36. The molecule has 0 amide bonds. The molecule has 4 heteroatoms. The molecule has 0 aliphatic carbocycles. The van der Waals surface area contributed by atoms with Crippen molar-refractivity contribution >= 4 is 17.3 Å². The van der Waals surface area contributed by atoms with Gasteiger partial charge in [0.05, 0.1) is 24.0 Å². The standard InChI is InChI=1S/C14H22N2O2/c1-10(2)5-4-8-16-13-7-6-11(9-12(13)15)14(17)18-3/h6-7,9-10,16H,4-5,8,15H2,1-3H3. The Morgan fingerprint density at radius 1 is 1.44 bits per heavy atom. The van der Waals surface area contributed by atoms with E-state index in [4.69, 9.17) is 5.73 Å². The second-order valence-electron chi connectivity index (χ2n) is 4.76. The van der Waals surface area contributed by atoms with Crippen molar-refractivity contribution in [3.63, 3.8) is 0 Å². The minimum atomic E-state index is -0.368. The molecule has 0 aromatic heterocycles. The Hall–Kier alpha value is -1.71. The molecule has 0 atom stereocenters. The Labute approximate surface area is 109 Å². The van der Waals surface area contributed by atoms with E-state index < -0.39 is 0 Å². The normalized spacial score (nSPS) is 10.4. The van der Waals surface area contributed by atoms with Gasteiger partial charge in [-0.05, 0) is 37.0 Å². The molecule has 0 heterocycles. The Morgan fingerprint density at radius 3 is 2.72 bits per heavy atom. The molecule has 0 aliphatic heterocycles. The van der Waals surface area contributed by atoms with Crippen molar-refractivity contribution in [2.24, 2.45) is 5.92 Å². The van der Waals surface area contributed by atoms with Crippen LogP contribution in [0.1, 0.15) is 37.0 Å². The molecule has 1 aromatic rings. The zero-order valence-electron chi connectivity index (χ0n) is 11.3. The van der Waals surface area contributed by atoms with Crippen LogP contribution in [0, 0.1) is 5.92 Å². The summed E-state index contributed by atoms with van der Waals surface area (Å²) in [6.45, 7) is 5.30. The molecular weight excluding hydrogens is 228 g/mol. The zero-order valence-corrected chi connectivity index (χ0v) is 11.3. The number of carbonyl (C=O) groups excluding carboxylic acids is 1. The maximum Gasteiger partial charge on any atom is 0.337 e. The predicted octanol–water partition coefficient (Wildman–Crippen LogP) is 2.90. The lowest BCUT2D eigenvalue weighted by Crippen LogP contribution is -2.07. The van der Waals surface area contributed by atoms with Gasteiger partial charge in [0.1, 0.15) is 0 Å². The van der Waals surface area contributed by atoms with Crippen molar-refractivity contribution in [3.8, 4) is 0 Å². The van der Waals surface area contributed by atoms with E-state index in [1.165, 1.54) is 13.5 Å². The van der Waals surface area contributed by atoms with Crippen LogP contribution in [0.5, 0.6) is 0 Å². The first-order valence-corrected chi connectivity index (χ1v) is 6.26. The third kappa shape index (κ3) is 4.28. The topological polar surface area (TPSA) is 64.3 Å². The van der Waals surface area contributed by atoms with Gasteiger partial charge in [-0.3, -0.25) is 0 Å². The van der Waals surface area contributed by atoms with E-state index >= 15 is 0 Å². The highest BCUT2D eigenvalue weighted by Crippen LogP contribution is 2.20. The average molecular weight is 250 g/mol. The first-order chi connectivity index (χ1) is 8.54. The molecule has 0 bridgehead atoms. The van der Waals surface area contributed by atoms with Gasteiger partial charge in [-0.25, -0.2) is 4.79 Å².